The molecule has 0 spiro atoms. The number of rotatable bonds is 4. The predicted octanol–water partition coefficient (Wildman–Crippen LogP) is 3.33. The van der Waals surface area contributed by atoms with Crippen molar-refractivity contribution in [3.05, 3.63) is 48.0 Å². The van der Waals surface area contributed by atoms with Gasteiger partial charge in [0.2, 0.25) is 18.6 Å². The molecule has 1 aliphatic heterocycles. The third-order valence-corrected chi connectivity index (χ3v) is 4.73. The van der Waals surface area contributed by atoms with Crippen molar-refractivity contribution in [1.29, 1.82) is 0 Å². The molecule has 0 atom stereocenters. The van der Waals surface area contributed by atoms with Gasteiger partial charge in [-0.2, -0.15) is 14.4 Å². The second-order valence-corrected chi connectivity index (χ2v) is 6.61. The van der Waals surface area contributed by atoms with E-state index in [0.29, 0.717) is 34.3 Å². The Bertz CT molecular complexity index is 1290. The predicted molar refractivity (Wildman–Crippen MR) is 108 cm³/mol. The van der Waals surface area contributed by atoms with Gasteiger partial charge in [-0.1, -0.05) is 0 Å². The summed E-state index contributed by atoms with van der Waals surface area (Å²) in [6.07, 6.45) is 0. The highest BCUT2D eigenvalue weighted by Gasteiger charge is 2.19. The van der Waals surface area contributed by atoms with Gasteiger partial charge in [0, 0.05) is 17.8 Å². The zero-order valence-electron chi connectivity index (χ0n) is 16.1. The first-order valence-corrected chi connectivity index (χ1v) is 9.06. The third-order valence-electron chi connectivity index (χ3n) is 4.73. The first kappa shape index (κ1) is 18.0. The molecule has 0 amide bonds. The van der Waals surface area contributed by atoms with Gasteiger partial charge >= 0.3 is 0 Å². The number of anilines is 3. The highest BCUT2D eigenvalue weighted by molar-refractivity contribution is 5.79. The molecule has 10 heteroatoms. The maximum Gasteiger partial charge on any atom is 0.239 e. The Morgan fingerprint density at radius 1 is 1.10 bits per heavy atom. The molecule has 0 saturated carbocycles. The minimum absolute atomic E-state index is 0.0690. The van der Waals surface area contributed by atoms with Crippen LogP contribution in [0.1, 0.15) is 5.82 Å². The van der Waals surface area contributed by atoms with E-state index >= 15 is 0 Å². The van der Waals surface area contributed by atoms with Gasteiger partial charge in [0.15, 0.2) is 23.1 Å². The first-order chi connectivity index (χ1) is 14.5. The topological polar surface area (TPSA) is 109 Å². The molecule has 0 radical (unpaired) electrons. The molecule has 0 unspecified atom stereocenters. The number of benzene rings is 2. The SMILES string of the molecule is COc1ccc2nc(C)n(-c3nc(N)c(F)c(Nc4ccc5c(c4)OCO5)n3)c2c1. The second-order valence-electron chi connectivity index (χ2n) is 6.61. The Morgan fingerprint density at radius 2 is 1.93 bits per heavy atom. The maximum atomic E-state index is 14.7. The Morgan fingerprint density at radius 3 is 2.77 bits per heavy atom. The summed E-state index contributed by atoms with van der Waals surface area (Å²) >= 11 is 0. The first-order valence-electron chi connectivity index (χ1n) is 9.06. The molecule has 3 N–H and O–H groups in total. The van der Waals surface area contributed by atoms with E-state index in [1.54, 1.807) is 36.8 Å². The molecule has 0 bridgehead atoms. The van der Waals surface area contributed by atoms with Crippen LogP contribution in [0.25, 0.3) is 17.0 Å². The van der Waals surface area contributed by atoms with Crippen molar-refractivity contribution in [3.63, 3.8) is 0 Å². The van der Waals surface area contributed by atoms with E-state index in [2.05, 4.69) is 20.3 Å². The van der Waals surface area contributed by atoms with E-state index in [1.807, 2.05) is 18.2 Å². The van der Waals surface area contributed by atoms with Crippen molar-refractivity contribution in [3.8, 4) is 23.2 Å². The van der Waals surface area contributed by atoms with Crippen LogP contribution in [0.4, 0.5) is 21.7 Å². The fourth-order valence-electron chi connectivity index (χ4n) is 3.30. The molecule has 2 aromatic carbocycles. The van der Waals surface area contributed by atoms with Crippen molar-refractivity contribution < 1.29 is 18.6 Å². The number of hydrogen-bond acceptors (Lipinski definition) is 8. The standard InChI is InChI=1S/C20H17FN6O3/c1-10-23-13-5-4-12(28-2)8-14(13)27(10)20-25-18(22)17(21)19(26-20)24-11-3-6-15-16(7-11)30-9-29-15/h3-8H,9H2,1-2H3,(H3,22,24,25,26). The Kier molecular flexibility index (Phi) is 4.05. The fraction of sp³-hybridized carbons (Fsp3) is 0.150. The summed E-state index contributed by atoms with van der Waals surface area (Å²) in [5.41, 5.74) is 7.86. The minimum Gasteiger partial charge on any atom is -0.497 e. The number of aromatic nitrogens is 4. The summed E-state index contributed by atoms with van der Waals surface area (Å²) in [6.45, 7) is 1.95. The molecular formula is C20H17FN6O3. The van der Waals surface area contributed by atoms with E-state index in [-0.39, 0.29) is 24.4 Å². The van der Waals surface area contributed by atoms with Crippen molar-refractivity contribution >= 4 is 28.4 Å². The lowest BCUT2D eigenvalue weighted by Crippen LogP contribution is -2.10. The monoisotopic (exact) mass is 408 g/mol. The molecule has 0 saturated heterocycles. The summed E-state index contributed by atoms with van der Waals surface area (Å²) in [4.78, 5) is 13.0. The average molecular weight is 408 g/mol. The van der Waals surface area contributed by atoms with Gasteiger partial charge in [0.1, 0.15) is 11.6 Å². The minimum atomic E-state index is -0.754. The summed E-state index contributed by atoms with van der Waals surface area (Å²) in [6, 6.07) is 10.6. The van der Waals surface area contributed by atoms with Crippen LogP contribution in [0.5, 0.6) is 17.2 Å². The zero-order valence-corrected chi connectivity index (χ0v) is 16.1. The van der Waals surface area contributed by atoms with Crippen LogP contribution in [-0.2, 0) is 0 Å². The number of methoxy groups -OCH3 is 1. The molecule has 9 nitrogen and oxygen atoms in total. The number of imidazole rings is 1. The maximum absolute atomic E-state index is 14.7. The normalized spacial score (nSPS) is 12.4. The Hall–Kier alpha value is -4.08. The molecule has 30 heavy (non-hydrogen) atoms. The number of nitrogens with two attached hydrogens (primary N) is 1. The van der Waals surface area contributed by atoms with Gasteiger partial charge in [-0.05, 0) is 31.2 Å². The molecular weight excluding hydrogens is 391 g/mol. The zero-order chi connectivity index (χ0) is 20.8. The van der Waals surface area contributed by atoms with Crippen LogP contribution < -0.4 is 25.3 Å². The van der Waals surface area contributed by atoms with Crippen molar-refractivity contribution in [2.45, 2.75) is 6.92 Å². The Balaban J connectivity index is 1.60. The quantitative estimate of drug-likeness (QED) is 0.529. The van der Waals surface area contributed by atoms with E-state index in [9.17, 15) is 4.39 Å². The lowest BCUT2D eigenvalue weighted by atomic mass is 10.2. The van der Waals surface area contributed by atoms with Crippen molar-refractivity contribution in [1.82, 2.24) is 19.5 Å². The van der Waals surface area contributed by atoms with Crippen LogP contribution in [0.2, 0.25) is 0 Å². The number of hydrogen-bond donors (Lipinski definition) is 2. The molecule has 0 aliphatic carbocycles. The van der Waals surface area contributed by atoms with Crippen molar-refractivity contribution in [2.24, 2.45) is 0 Å². The summed E-state index contributed by atoms with van der Waals surface area (Å²) in [5.74, 6) is 1.54. The second kappa shape index (κ2) is 6.76. The van der Waals surface area contributed by atoms with Gasteiger partial charge in [-0.15, -0.1) is 0 Å². The van der Waals surface area contributed by atoms with Crippen LogP contribution in [0.3, 0.4) is 0 Å². The van der Waals surface area contributed by atoms with E-state index in [4.69, 9.17) is 19.9 Å². The van der Waals surface area contributed by atoms with E-state index in [0.717, 1.165) is 5.52 Å². The Labute approximate surface area is 170 Å². The van der Waals surface area contributed by atoms with Crippen molar-refractivity contribution in [2.75, 3.05) is 25.0 Å². The largest absolute Gasteiger partial charge is 0.497 e. The number of nitrogen functional groups attached to an aromatic ring is 1. The number of aryl methyl sites for hydroxylation is 1. The van der Waals surface area contributed by atoms with Gasteiger partial charge in [-0.25, -0.2) is 4.98 Å². The third kappa shape index (κ3) is 2.89. The van der Waals surface area contributed by atoms with E-state index in [1.165, 1.54) is 0 Å². The van der Waals surface area contributed by atoms with Gasteiger partial charge < -0.3 is 25.3 Å². The fourth-order valence-corrected chi connectivity index (χ4v) is 3.30. The summed E-state index contributed by atoms with van der Waals surface area (Å²) in [7, 11) is 1.58. The van der Waals surface area contributed by atoms with Crippen LogP contribution in [0.15, 0.2) is 36.4 Å². The highest BCUT2D eigenvalue weighted by Crippen LogP contribution is 2.35. The lowest BCUT2D eigenvalue weighted by Gasteiger charge is -2.12. The number of halogens is 1. The molecule has 152 valence electrons. The number of nitrogens with zero attached hydrogens (tertiary/aromatic N) is 4. The number of ether oxygens (including phenoxy) is 3. The smallest absolute Gasteiger partial charge is 0.239 e. The molecule has 4 aromatic rings. The van der Waals surface area contributed by atoms with Crippen LogP contribution in [0, 0.1) is 12.7 Å². The molecule has 5 rings (SSSR count). The molecule has 1 aliphatic rings. The summed E-state index contributed by atoms with van der Waals surface area (Å²) in [5, 5.41) is 2.94. The number of fused-ring (bicyclic) bond motifs is 2. The molecule has 0 fully saturated rings. The van der Waals surface area contributed by atoms with Gasteiger partial charge in [0.05, 0.1) is 18.1 Å². The van der Waals surface area contributed by atoms with Crippen LogP contribution in [-0.4, -0.2) is 33.4 Å². The van der Waals surface area contributed by atoms with E-state index < -0.39 is 5.82 Å². The molecule has 2 aromatic heterocycles. The highest BCUT2D eigenvalue weighted by atomic mass is 19.1. The summed E-state index contributed by atoms with van der Waals surface area (Å²) < 4.78 is 32.4. The van der Waals surface area contributed by atoms with Gasteiger partial charge in [0.25, 0.3) is 0 Å². The van der Waals surface area contributed by atoms with Gasteiger partial charge in [-0.3, -0.25) is 4.57 Å². The average Bonchev–Trinajstić information content (AvgIpc) is 3.33. The number of nitrogens with one attached hydrogen (secondary N) is 1. The van der Waals surface area contributed by atoms with Crippen LogP contribution >= 0.6 is 0 Å². The lowest BCUT2D eigenvalue weighted by molar-refractivity contribution is 0.174. The molecule has 3 heterocycles.